The lowest BCUT2D eigenvalue weighted by Gasteiger charge is -2.37. The number of anilines is 1. The summed E-state index contributed by atoms with van der Waals surface area (Å²) in [6, 6.07) is 16.6. The number of halogens is 1. The molecule has 2 heterocycles. The van der Waals surface area contributed by atoms with Crippen LogP contribution in [0.2, 0.25) is 0 Å². The van der Waals surface area contributed by atoms with Crippen molar-refractivity contribution in [3.63, 3.8) is 0 Å². The van der Waals surface area contributed by atoms with Gasteiger partial charge in [0.1, 0.15) is 0 Å². The summed E-state index contributed by atoms with van der Waals surface area (Å²) in [5, 5.41) is 3.32. The fourth-order valence-electron chi connectivity index (χ4n) is 4.64. The first kappa shape index (κ1) is 24.6. The number of benzene rings is 2. The van der Waals surface area contributed by atoms with E-state index in [1.54, 1.807) is 0 Å². The second kappa shape index (κ2) is 11.8. The highest BCUT2D eigenvalue weighted by Crippen LogP contribution is 2.44. The molecule has 4 rings (SSSR count). The summed E-state index contributed by atoms with van der Waals surface area (Å²) in [5.41, 5.74) is 2.34. The summed E-state index contributed by atoms with van der Waals surface area (Å²) in [6.45, 7) is 6.76. The van der Waals surface area contributed by atoms with Gasteiger partial charge in [-0.25, -0.2) is 4.48 Å². The van der Waals surface area contributed by atoms with Gasteiger partial charge in [-0.1, -0.05) is 57.0 Å². The van der Waals surface area contributed by atoms with Crippen molar-refractivity contribution in [3.05, 3.63) is 72.6 Å². The summed E-state index contributed by atoms with van der Waals surface area (Å²) in [7, 11) is 0. The Morgan fingerprint density at radius 1 is 0.875 bits per heavy atom. The van der Waals surface area contributed by atoms with Crippen molar-refractivity contribution in [1.82, 2.24) is 4.48 Å². The van der Waals surface area contributed by atoms with E-state index in [4.69, 9.17) is 9.47 Å². The molecule has 0 radical (unpaired) electrons. The SMILES string of the molecule is CCCCC[N+]1(CCCCC)c2ccccc2OC1C=CC=C1Nc2ccccc2O1.[I-]. The summed E-state index contributed by atoms with van der Waals surface area (Å²) in [4.78, 5) is 0. The molecule has 1 atom stereocenters. The van der Waals surface area contributed by atoms with Gasteiger partial charge in [0, 0.05) is 12.1 Å². The van der Waals surface area contributed by atoms with Gasteiger partial charge in [0.05, 0.1) is 18.8 Å². The van der Waals surface area contributed by atoms with Crippen molar-refractivity contribution in [2.75, 3.05) is 18.4 Å². The maximum Gasteiger partial charge on any atom is 0.258 e. The van der Waals surface area contributed by atoms with Crippen LogP contribution < -0.4 is 43.3 Å². The molecule has 1 N–H and O–H groups in total. The van der Waals surface area contributed by atoms with Crippen LogP contribution in [0.4, 0.5) is 11.4 Å². The van der Waals surface area contributed by atoms with Crippen molar-refractivity contribution >= 4 is 11.4 Å². The van der Waals surface area contributed by atoms with Crippen LogP contribution in [0, 0.1) is 0 Å². The second-order valence-electron chi connectivity index (χ2n) is 8.51. The van der Waals surface area contributed by atoms with Crippen molar-refractivity contribution in [2.24, 2.45) is 0 Å². The molecule has 0 aromatic heterocycles. The first-order valence-corrected chi connectivity index (χ1v) is 11.8. The number of hydrogen-bond acceptors (Lipinski definition) is 3. The largest absolute Gasteiger partial charge is 1.00 e. The maximum absolute atomic E-state index is 6.51. The molecule has 0 bridgehead atoms. The molecule has 0 spiro atoms. The fourth-order valence-corrected chi connectivity index (χ4v) is 4.64. The van der Waals surface area contributed by atoms with E-state index in [2.05, 4.69) is 55.6 Å². The minimum atomic E-state index is -0.00765. The van der Waals surface area contributed by atoms with E-state index in [0.29, 0.717) is 0 Å². The number of unbranched alkanes of at least 4 members (excludes halogenated alkanes) is 4. The van der Waals surface area contributed by atoms with Crippen LogP contribution >= 0.6 is 0 Å². The van der Waals surface area contributed by atoms with E-state index < -0.39 is 0 Å². The van der Waals surface area contributed by atoms with Gasteiger partial charge in [-0.05, 0) is 50.0 Å². The Kier molecular flexibility index (Phi) is 9.05. The van der Waals surface area contributed by atoms with Crippen LogP contribution in [0.25, 0.3) is 0 Å². The lowest BCUT2D eigenvalue weighted by Crippen LogP contribution is -3.00. The number of fused-ring (bicyclic) bond motifs is 2. The molecule has 1 unspecified atom stereocenters. The Balaban J connectivity index is 0.00000289. The minimum Gasteiger partial charge on any atom is -1.00 e. The van der Waals surface area contributed by atoms with E-state index in [1.807, 2.05) is 30.3 Å². The molecule has 5 heteroatoms. The number of hydrogen-bond donors (Lipinski definition) is 1. The third-order valence-corrected chi connectivity index (χ3v) is 6.29. The number of nitrogens with zero attached hydrogens (tertiary/aromatic N) is 1. The normalized spacial score (nSPS) is 19.1. The highest BCUT2D eigenvalue weighted by atomic mass is 127. The average molecular weight is 546 g/mol. The van der Waals surface area contributed by atoms with Gasteiger partial charge in [0.2, 0.25) is 0 Å². The molecule has 0 aliphatic carbocycles. The van der Waals surface area contributed by atoms with E-state index >= 15 is 0 Å². The molecular weight excluding hydrogens is 511 g/mol. The predicted molar refractivity (Wildman–Crippen MR) is 129 cm³/mol. The van der Waals surface area contributed by atoms with Gasteiger partial charge < -0.3 is 38.8 Å². The number of nitrogens with one attached hydrogen (secondary N) is 1. The fraction of sp³-hybridized carbons (Fsp3) is 0.407. The van der Waals surface area contributed by atoms with Gasteiger partial charge in [-0.2, -0.15) is 0 Å². The quantitative estimate of drug-likeness (QED) is 0.278. The average Bonchev–Trinajstić information content (AvgIpc) is 3.33. The molecule has 32 heavy (non-hydrogen) atoms. The summed E-state index contributed by atoms with van der Waals surface area (Å²) >= 11 is 0. The molecule has 2 aliphatic heterocycles. The predicted octanol–water partition coefficient (Wildman–Crippen LogP) is 4.00. The lowest BCUT2D eigenvalue weighted by atomic mass is 10.1. The Hall–Kier alpha value is -1.99. The summed E-state index contributed by atoms with van der Waals surface area (Å²) in [5.74, 6) is 2.65. The second-order valence-corrected chi connectivity index (χ2v) is 8.51. The van der Waals surface area contributed by atoms with Gasteiger partial charge in [0.25, 0.3) is 6.23 Å². The zero-order valence-corrected chi connectivity index (χ0v) is 21.4. The monoisotopic (exact) mass is 546 g/mol. The molecule has 172 valence electrons. The zero-order chi connectivity index (χ0) is 21.5. The Morgan fingerprint density at radius 3 is 2.22 bits per heavy atom. The first-order valence-electron chi connectivity index (χ1n) is 11.8. The van der Waals surface area contributed by atoms with Crippen molar-refractivity contribution < 1.29 is 33.5 Å². The highest BCUT2D eigenvalue weighted by Gasteiger charge is 2.46. The molecule has 2 aromatic carbocycles. The number of quaternary nitrogens is 1. The van der Waals surface area contributed by atoms with Crippen LogP contribution in [0.1, 0.15) is 52.4 Å². The minimum absolute atomic E-state index is 0. The van der Waals surface area contributed by atoms with Gasteiger partial charge in [0.15, 0.2) is 23.1 Å². The number of ether oxygens (including phenoxy) is 2. The number of allylic oxidation sites excluding steroid dienone is 2. The van der Waals surface area contributed by atoms with Crippen molar-refractivity contribution in [1.29, 1.82) is 0 Å². The van der Waals surface area contributed by atoms with Crippen LogP contribution in [-0.4, -0.2) is 19.3 Å². The smallest absolute Gasteiger partial charge is 0.258 e. The topological polar surface area (TPSA) is 30.5 Å². The van der Waals surface area contributed by atoms with Crippen molar-refractivity contribution in [2.45, 2.75) is 58.6 Å². The zero-order valence-electron chi connectivity index (χ0n) is 19.2. The highest BCUT2D eigenvalue weighted by molar-refractivity contribution is 5.64. The van der Waals surface area contributed by atoms with Gasteiger partial charge in [-0.15, -0.1) is 0 Å². The molecule has 0 saturated carbocycles. The third kappa shape index (κ3) is 5.31. The number of para-hydroxylation sites is 4. The van der Waals surface area contributed by atoms with Crippen LogP contribution in [-0.2, 0) is 0 Å². The molecule has 0 fully saturated rings. The maximum atomic E-state index is 6.51. The lowest BCUT2D eigenvalue weighted by molar-refractivity contribution is -0.00000749. The van der Waals surface area contributed by atoms with Gasteiger partial charge in [-0.3, -0.25) is 0 Å². The molecule has 2 aromatic rings. The van der Waals surface area contributed by atoms with E-state index in [0.717, 1.165) is 40.6 Å². The molecule has 0 saturated heterocycles. The number of rotatable bonds is 10. The molecular formula is C27H35IN2O2. The third-order valence-electron chi connectivity index (χ3n) is 6.29. The van der Waals surface area contributed by atoms with Gasteiger partial charge >= 0.3 is 0 Å². The summed E-state index contributed by atoms with van der Waals surface area (Å²) < 4.78 is 13.3. The molecule has 2 aliphatic rings. The molecule has 0 amide bonds. The van der Waals surface area contributed by atoms with E-state index in [1.165, 1.54) is 44.2 Å². The van der Waals surface area contributed by atoms with Crippen LogP contribution in [0.5, 0.6) is 11.5 Å². The Labute approximate surface area is 209 Å². The first-order chi connectivity index (χ1) is 15.3. The molecule has 4 nitrogen and oxygen atoms in total. The van der Waals surface area contributed by atoms with Crippen LogP contribution in [0.15, 0.2) is 72.6 Å². The van der Waals surface area contributed by atoms with Crippen LogP contribution in [0.3, 0.4) is 0 Å². The van der Waals surface area contributed by atoms with Crippen molar-refractivity contribution in [3.8, 4) is 11.5 Å². The Bertz CT molecular complexity index is 904. The standard InChI is InChI=1S/C27H35N2O2.HI/c1-3-5-11-20-29(21-12-6-4-2)23-15-8-10-17-25(23)31-27(29)19-13-18-26-28-22-14-7-9-16-24(22)30-26;/h7-10,13-19,27-28H,3-6,11-12,20-21H2,1-2H3;1H/q+1;/p-1. The van der Waals surface area contributed by atoms with E-state index in [-0.39, 0.29) is 30.2 Å². The Morgan fingerprint density at radius 2 is 1.53 bits per heavy atom. The summed E-state index contributed by atoms with van der Waals surface area (Å²) in [6.07, 6.45) is 13.7. The van der Waals surface area contributed by atoms with E-state index in [9.17, 15) is 0 Å².